The van der Waals surface area contributed by atoms with E-state index < -0.39 is 131 Å². The number of thiol groups is 1. The normalized spacial score (nSPS) is 28.4. The third-order valence-electron chi connectivity index (χ3n) is 22.7. The van der Waals surface area contributed by atoms with Crippen molar-refractivity contribution in [3.8, 4) is 11.5 Å². The molecule has 6 aliphatic heterocycles. The van der Waals surface area contributed by atoms with Crippen molar-refractivity contribution in [1.82, 2.24) is 35.4 Å². The molecule has 6 aliphatic rings. The minimum atomic E-state index is -1.83. The summed E-state index contributed by atoms with van der Waals surface area (Å²) in [6, 6.07) is 22.6. The molecule has 2 aromatic carbocycles. The standard InChI is InChI=1S/C42H55ClN4O10S2.C36H50ClN3O10S.C10H8N2S2.CH4/c1-24-13-12-14-32(54-9)42(52)23-31(55-40(51)45-42)26(3)38-41(5,57-38)33(22-36(49)47(7)29-20-28(19-24)21-30(53-8)37(29)43)56-39(50)27(4)46(6)35(48)17-16-25(2)58-59-34-15-10-11-18-44-34;1-19-11-10-12-27(47-9)36(45)18-26(48-34(44)38-36)21(3)32-35(5,50-32)28(49-33(43)22(4)39(6)29(41)14-20(2)51)17-30(42)40(7)24-15-23(13-19)16-25(46-8)31(24)37;1-3-7-11-9(5-1)13-14-10-6-2-4-8-12-10;/h10-15,18,20-21,25-27,31-33,38,52H,16-17,19,22-23H2,1-9H3,(H,45,51);10-12,15-16,20-22,26-28,32,45,51H,13-14,17-18H2,1-9H3,(H,38,44);1-8H;1H4/b14-12+,24-13+;12-10+,19-11+;;/t25?,26-,27+,31+,32-,33+,38+,41+,42+;20?,21-,22+,26+,27-,28+,32+,35+,36+;;/m11../s1. The predicted molar refractivity (Wildman–Crippen MR) is 488 cm³/mol. The number of fused-ring (bicyclic) bond motifs is 10. The number of aliphatic hydroxyl groups is 2. The number of anilines is 2. The number of esters is 2. The molecule has 8 bridgehead atoms. The number of pyridine rings is 3. The molecule has 0 aliphatic carbocycles. The molecule has 2 unspecified atom stereocenters. The first-order chi connectivity index (χ1) is 58.7. The lowest BCUT2D eigenvalue weighted by atomic mass is 9.83. The zero-order chi connectivity index (χ0) is 90.9. The molecule has 0 spiro atoms. The molecule has 0 radical (unpaired) electrons. The maximum atomic E-state index is 14.2. The molecule has 4 fully saturated rings. The zero-order valence-electron chi connectivity index (χ0n) is 72.9. The summed E-state index contributed by atoms with van der Waals surface area (Å²) in [6.07, 6.45) is 8.05. The summed E-state index contributed by atoms with van der Waals surface area (Å²) in [5.41, 5.74) is -1.85. The first kappa shape index (κ1) is 102. The summed E-state index contributed by atoms with van der Waals surface area (Å²) < 4.78 is 58.5. The van der Waals surface area contributed by atoms with Crippen molar-refractivity contribution >= 4 is 138 Å². The molecule has 29 nitrogen and oxygen atoms in total. The molecule has 4 saturated heterocycles. The number of hydrogen-bond donors (Lipinski definition) is 5. The van der Waals surface area contributed by atoms with Crippen LogP contribution >= 0.6 is 79.0 Å². The van der Waals surface area contributed by atoms with Gasteiger partial charge in [-0.25, -0.2) is 34.1 Å². The van der Waals surface area contributed by atoms with Gasteiger partial charge in [-0.15, -0.1) is 0 Å². The van der Waals surface area contributed by atoms with Crippen LogP contribution in [0.3, 0.4) is 0 Å². The van der Waals surface area contributed by atoms with E-state index in [0.717, 1.165) is 37.4 Å². The number of carbonyl (C=O) groups excluding carboxylic acids is 8. The molecular weight excluding hydrogens is 1750 g/mol. The second-order valence-electron chi connectivity index (χ2n) is 32.1. The summed E-state index contributed by atoms with van der Waals surface area (Å²) >= 11 is 17.8. The molecule has 36 heteroatoms. The number of amides is 6. The molecular formula is C89H117Cl2N9O20S5. The minimum Gasteiger partial charge on any atom is -0.495 e. The van der Waals surface area contributed by atoms with Crippen LogP contribution in [0.1, 0.15) is 133 Å². The lowest BCUT2D eigenvalue weighted by Crippen LogP contribution is -2.63. The number of carbonyl (C=O) groups is 8. The molecule has 9 heterocycles. The Balaban J connectivity index is 0.000000267. The monoisotopic (exact) mass is 1860 g/mol. The Morgan fingerprint density at radius 2 is 1.00 bits per heavy atom. The van der Waals surface area contributed by atoms with Crippen LogP contribution < -0.4 is 29.9 Å². The Bertz CT molecular complexity index is 4670. The van der Waals surface area contributed by atoms with Gasteiger partial charge in [0.2, 0.25) is 23.6 Å². The third kappa shape index (κ3) is 26.8. The van der Waals surface area contributed by atoms with Gasteiger partial charge in [0.25, 0.3) is 0 Å². The fourth-order valence-corrected chi connectivity index (χ4v) is 19.4. The fraction of sp³-hybridized carbons (Fsp3) is 0.517. The first-order valence-electron chi connectivity index (χ1n) is 40.5. The van der Waals surface area contributed by atoms with Crippen molar-refractivity contribution in [2.45, 2.75) is 244 Å². The van der Waals surface area contributed by atoms with Crippen molar-refractivity contribution in [3.63, 3.8) is 0 Å². The van der Waals surface area contributed by atoms with Crippen molar-refractivity contribution in [3.05, 3.63) is 166 Å². The topological polar surface area (TPSA) is 352 Å². The summed E-state index contributed by atoms with van der Waals surface area (Å²) in [7, 11) is 18.4. The molecule has 4 N–H and O–H groups in total. The Kier molecular flexibility index (Phi) is 37.4. The van der Waals surface area contributed by atoms with Crippen molar-refractivity contribution in [2.75, 3.05) is 66.4 Å². The van der Waals surface area contributed by atoms with Crippen LogP contribution in [0.15, 0.2) is 160 Å². The first-order valence-corrected chi connectivity index (χ1v) is 46.1. The highest BCUT2D eigenvalue weighted by molar-refractivity contribution is 8.77. The van der Waals surface area contributed by atoms with Crippen LogP contribution in [0.5, 0.6) is 11.5 Å². The molecule has 6 amide bonds. The minimum absolute atomic E-state index is 0. The number of halogens is 2. The number of hydrogen-bond acceptors (Lipinski definition) is 28. The number of ether oxygens (including phenoxy) is 10. The van der Waals surface area contributed by atoms with E-state index in [0.29, 0.717) is 42.1 Å². The van der Waals surface area contributed by atoms with Crippen LogP contribution in [-0.4, -0.2) is 233 Å². The van der Waals surface area contributed by atoms with Crippen molar-refractivity contribution in [2.24, 2.45) is 11.8 Å². The number of alkyl carbamates (subject to hydrolysis) is 2. The number of likely N-dealkylation sites (N-methyl/N-ethyl adjacent to an activating group) is 2. The average molecular weight is 1860 g/mol. The Morgan fingerprint density at radius 3 is 1.36 bits per heavy atom. The Morgan fingerprint density at radius 1 is 0.616 bits per heavy atom. The highest BCUT2D eigenvalue weighted by Crippen LogP contribution is 2.52. The summed E-state index contributed by atoms with van der Waals surface area (Å²) in [4.78, 5) is 126. The predicted octanol–water partition coefficient (Wildman–Crippen LogP) is 14.7. The van der Waals surface area contributed by atoms with E-state index >= 15 is 0 Å². The molecule has 682 valence electrons. The van der Waals surface area contributed by atoms with E-state index in [9.17, 15) is 48.6 Å². The average Bonchev–Trinajstić information content (AvgIpc) is 1.57. The number of epoxide rings is 2. The van der Waals surface area contributed by atoms with Gasteiger partial charge >= 0.3 is 24.1 Å². The van der Waals surface area contributed by atoms with Gasteiger partial charge in [-0.2, -0.15) is 12.6 Å². The summed E-state index contributed by atoms with van der Waals surface area (Å²) in [6.45, 7) is 17.8. The lowest BCUT2D eigenvalue weighted by Gasteiger charge is -2.42. The maximum Gasteiger partial charge on any atom is 0.409 e. The highest BCUT2D eigenvalue weighted by Gasteiger charge is 2.66. The van der Waals surface area contributed by atoms with Crippen LogP contribution in [0.2, 0.25) is 10.0 Å². The third-order valence-corrected chi connectivity index (χ3v) is 28.7. The molecule has 5 aromatic rings. The quantitative estimate of drug-likeness (QED) is 0.0150. The highest BCUT2D eigenvalue weighted by atomic mass is 35.5. The van der Waals surface area contributed by atoms with Gasteiger partial charge in [0.15, 0.2) is 11.4 Å². The molecule has 11 rings (SSSR count). The van der Waals surface area contributed by atoms with Gasteiger partial charge in [-0.05, 0) is 165 Å². The number of methoxy groups -OCH3 is 4. The van der Waals surface area contributed by atoms with Crippen LogP contribution in [0, 0.1) is 11.8 Å². The number of aromatic nitrogens is 3. The van der Waals surface area contributed by atoms with Crippen LogP contribution in [-0.2, 0) is 79.5 Å². The van der Waals surface area contributed by atoms with E-state index in [4.69, 9.17) is 70.6 Å². The number of nitrogens with zero attached hydrogens (tertiary/aromatic N) is 7. The van der Waals surface area contributed by atoms with Crippen molar-refractivity contribution < 1.29 is 95.9 Å². The Labute approximate surface area is 763 Å². The van der Waals surface area contributed by atoms with E-state index in [1.165, 1.54) is 55.1 Å². The smallest absolute Gasteiger partial charge is 0.409 e. The number of allylic oxidation sites excluding steroid dienone is 6. The van der Waals surface area contributed by atoms with Crippen LogP contribution in [0.25, 0.3) is 0 Å². The zero-order valence-corrected chi connectivity index (χ0v) is 78.5. The second kappa shape index (κ2) is 45.7. The summed E-state index contributed by atoms with van der Waals surface area (Å²) in [5, 5.41) is 31.8. The van der Waals surface area contributed by atoms with E-state index in [1.807, 2.05) is 87.5 Å². The van der Waals surface area contributed by atoms with Gasteiger partial charge in [0.05, 0.1) is 50.6 Å². The molecule has 125 heavy (non-hydrogen) atoms. The van der Waals surface area contributed by atoms with Crippen molar-refractivity contribution in [1.29, 1.82) is 0 Å². The number of benzene rings is 2. The second-order valence-corrected chi connectivity index (χ2v) is 38.5. The van der Waals surface area contributed by atoms with E-state index in [1.54, 1.807) is 180 Å². The van der Waals surface area contributed by atoms with Gasteiger partial charge in [0.1, 0.15) is 96.5 Å². The van der Waals surface area contributed by atoms with E-state index in [-0.39, 0.29) is 78.3 Å². The molecule has 0 saturated carbocycles. The number of rotatable bonds is 21. The van der Waals surface area contributed by atoms with Gasteiger partial charge in [-0.3, -0.25) is 29.8 Å². The SMILES string of the molecule is C.COc1cc2cc(c1Cl)N(C)C(=O)C[C@H](OC(=O)[C@H](C)N(C)C(=O)CC(C)S)[C@]1(C)O[C@H]1[C@H](C)[C@@H]1C[C@@](O)(NC(=O)O1)[C@H](OC)/C=C/C=C(\C)C2.COc1cc2cc(c1Cl)N(C)C(=O)C[C@H](OC(=O)[C@H](C)N(C)C(=O)CCC(C)SSc1ccccn1)[C@]1(C)O[C@H]1[C@H](C)[C@@H]1C[C@@](O)(NC(=O)O1)[C@H](OC)/C=C/C=C(\C)C2.c1ccc(SSc2ccccn2)nc1. The maximum absolute atomic E-state index is 14.2. The van der Waals surface area contributed by atoms with Gasteiger partial charge in [-0.1, -0.05) is 135 Å². The Hall–Kier alpha value is -8.10. The molecule has 3 aromatic heterocycles. The van der Waals surface area contributed by atoms with E-state index in [2.05, 4.69) is 38.2 Å². The number of nitrogens with one attached hydrogen (secondary N) is 2. The van der Waals surface area contributed by atoms with Gasteiger partial charge in [0, 0.05) is 109 Å². The molecule has 18 atom stereocenters. The van der Waals surface area contributed by atoms with Crippen LogP contribution in [0.4, 0.5) is 21.0 Å². The lowest BCUT2D eigenvalue weighted by molar-refractivity contribution is -0.162. The largest absolute Gasteiger partial charge is 0.495 e. The fourth-order valence-electron chi connectivity index (χ4n) is 14.8. The van der Waals surface area contributed by atoms with Gasteiger partial charge < -0.3 is 77.2 Å². The summed E-state index contributed by atoms with van der Waals surface area (Å²) in [5.74, 6) is -3.18.